The Morgan fingerprint density at radius 3 is 2.88 bits per heavy atom. The number of rotatable bonds is 6. The Morgan fingerprint density at radius 1 is 1.59 bits per heavy atom. The third kappa shape index (κ3) is 4.75. The predicted molar refractivity (Wildman–Crippen MR) is 66.8 cm³/mol. The quantitative estimate of drug-likeness (QED) is 0.623. The second kappa shape index (κ2) is 7.29. The lowest BCUT2D eigenvalue weighted by atomic mass is 10.2. The highest BCUT2D eigenvalue weighted by Gasteiger charge is 2.06. The second-order valence-electron chi connectivity index (χ2n) is 3.52. The Labute approximate surface area is 105 Å². The number of hydrogen-bond donors (Lipinski definition) is 1. The number of esters is 1. The van der Waals surface area contributed by atoms with Crippen LogP contribution in [0.5, 0.6) is 0 Å². The summed E-state index contributed by atoms with van der Waals surface area (Å²) in [7, 11) is 1.38. The summed E-state index contributed by atoms with van der Waals surface area (Å²) in [5.41, 5.74) is 0.685. The minimum absolute atomic E-state index is 0.205. The van der Waals surface area contributed by atoms with E-state index >= 15 is 0 Å². The fourth-order valence-electron chi connectivity index (χ4n) is 1.24. The van der Waals surface area contributed by atoms with Gasteiger partial charge in [-0.25, -0.2) is 0 Å². The zero-order valence-corrected chi connectivity index (χ0v) is 10.9. The maximum absolute atomic E-state index is 10.9. The summed E-state index contributed by atoms with van der Waals surface area (Å²) < 4.78 is 4.55. The van der Waals surface area contributed by atoms with Gasteiger partial charge in [0.2, 0.25) is 0 Å². The van der Waals surface area contributed by atoms with Crippen molar-refractivity contribution in [3.8, 4) is 0 Å². The van der Waals surface area contributed by atoms with Crippen LogP contribution in [0.1, 0.15) is 31.6 Å². The van der Waals surface area contributed by atoms with Gasteiger partial charge in [0.1, 0.15) is 0 Å². The molecule has 0 aliphatic heterocycles. The monoisotopic (exact) mass is 255 g/mol. The minimum atomic E-state index is -0.496. The molecule has 0 fully saturated rings. The Balaban J connectivity index is 2.43. The van der Waals surface area contributed by atoms with Crippen molar-refractivity contribution in [3.63, 3.8) is 0 Å². The van der Waals surface area contributed by atoms with Crippen LogP contribution in [0, 0.1) is 0 Å². The molecule has 0 radical (unpaired) electrons. The molecule has 17 heavy (non-hydrogen) atoms. The van der Waals surface area contributed by atoms with Crippen molar-refractivity contribution in [2.24, 2.45) is 0 Å². The SMILES string of the molecule is CC[C@@H](O)c1ccc(SCCC(=O)OC)cn1. The fourth-order valence-corrected chi connectivity index (χ4v) is 2.03. The van der Waals surface area contributed by atoms with Gasteiger partial charge in [-0.15, -0.1) is 11.8 Å². The number of aliphatic hydroxyl groups is 1. The Hall–Kier alpha value is -1.07. The van der Waals surface area contributed by atoms with Gasteiger partial charge in [0.25, 0.3) is 0 Å². The van der Waals surface area contributed by atoms with Crippen LogP contribution in [0.15, 0.2) is 23.2 Å². The molecule has 1 rings (SSSR count). The lowest BCUT2D eigenvalue weighted by molar-refractivity contribution is -0.140. The maximum Gasteiger partial charge on any atom is 0.306 e. The Kier molecular flexibility index (Phi) is 6.00. The van der Waals surface area contributed by atoms with Gasteiger partial charge < -0.3 is 9.84 Å². The van der Waals surface area contributed by atoms with Gasteiger partial charge in [0.05, 0.1) is 25.3 Å². The number of aromatic nitrogens is 1. The van der Waals surface area contributed by atoms with Gasteiger partial charge >= 0.3 is 5.97 Å². The van der Waals surface area contributed by atoms with Gasteiger partial charge in [-0.2, -0.15) is 0 Å². The summed E-state index contributed by atoms with van der Waals surface area (Å²) in [5, 5.41) is 9.57. The molecule has 94 valence electrons. The van der Waals surface area contributed by atoms with Crippen molar-refractivity contribution in [3.05, 3.63) is 24.0 Å². The van der Waals surface area contributed by atoms with Crippen LogP contribution < -0.4 is 0 Å². The lowest BCUT2D eigenvalue weighted by Crippen LogP contribution is -2.01. The summed E-state index contributed by atoms with van der Waals surface area (Å²) in [6.07, 6.45) is 2.27. The average molecular weight is 255 g/mol. The largest absolute Gasteiger partial charge is 0.469 e. The second-order valence-corrected chi connectivity index (χ2v) is 4.69. The Bertz CT molecular complexity index is 353. The molecule has 0 amide bonds. The zero-order valence-electron chi connectivity index (χ0n) is 10.0. The molecule has 0 unspecified atom stereocenters. The molecule has 0 aliphatic rings. The van der Waals surface area contributed by atoms with Gasteiger partial charge in [-0.3, -0.25) is 9.78 Å². The van der Waals surface area contributed by atoms with Gasteiger partial charge in [-0.05, 0) is 18.6 Å². The third-order valence-electron chi connectivity index (χ3n) is 2.29. The summed E-state index contributed by atoms with van der Waals surface area (Å²) in [6, 6.07) is 3.72. The number of nitrogens with zero attached hydrogens (tertiary/aromatic N) is 1. The van der Waals surface area contributed by atoms with E-state index in [9.17, 15) is 9.90 Å². The zero-order chi connectivity index (χ0) is 12.7. The number of thioether (sulfide) groups is 1. The molecule has 0 aliphatic carbocycles. The number of carbonyl (C=O) groups excluding carboxylic acids is 1. The molecule has 1 heterocycles. The van der Waals surface area contributed by atoms with Gasteiger partial charge in [-0.1, -0.05) is 6.92 Å². The molecule has 5 heteroatoms. The first-order valence-corrected chi connectivity index (χ1v) is 6.49. The van der Waals surface area contributed by atoms with E-state index in [1.54, 1.807) is 18.0 Å². The molecule has 0 spiro atoms. The van der Waals surface area contributed by atoms with Crippen molar-refractivity contribution >= 4 is 17.7 Å². The molecule has 4 nitrogen and oxygen atoms in total. The standard InChI is InChI=1S/C12H17NO3S/c1-3-11(14)10-5-4-9(8-13-10)17-7-6-12(15)16-2/h4-5,8,11,14H,3,6-7H2,1-2H3/t11-/m1/s1. The molecule has 1 atom stereocenters. The third-order valence-corrected chi connectivity index (χ3v) is 3.27. The van der Waals surface area contributed by atoms with E-state index in [2.05, 4.69) is 9.72 Å². The molecular formula is C12H17NO3S. The van der Waals surface area contributed by atoms with E-state index in [4.69, 9.17) is 0 Å². The number of hydrogen-bond acceptors (Lipinski definition) is 5. The smallest absolute Gasteiger partial charge is 0.306 e. The molecule has 1 aromatic rings. The first kappa shape index (κ1) is 14.0. The number of methoxy groups -OCH3 is 1. The average Bonchev–Trinajstić information content (AvgIpc) is 2.38. The van der Waals surface area contributed by atoms with Gasteiger partial charge in [0, 0.05) is 16.8 Å². The van der Waals surface area contributed by atoms with E-state index in [0.29, 0.717) is 24.3 Å². The van der Waals surface area contributed by atoms with Crippen molar-refractivity contribution in [2.75, 3.05) is 12.9 Å². The number of aliphatic hydroxyl groups excluding tert-OH is 1. The fraction of sp³-hybridized carbons (Fsp3) is 0.500. The molecule has 1 N–H and O–H groups in total. The first-order chi connectivity index (χ1) is 8.17. The number of pyridine rings is 1. The highest BCUT2D eigenvalue weighted by atomic mass is 32.2. The highest BCUT2D eigenvalue weighted by Crippen LogP contribution is 2.20. The van der Waals surface area contributed by atoms with E-state index < -0.39 is 6.10 Å². The molecule has 0 bridgehead atoms. The normalized spacial score (nSPS) is 12.2. The van der Waals surface area contributed by atoms with Crippen LogP contribution in [0.4, 0.5) is 0 Å². The molecule has 0 aromatic carbocycles. The van der Waals surface area contributed by atoms with Crippen molar-refractivity contribution in [2.45, 2.75) is 30.8 Å². The number of carbonyl (C=O) groups is 1. The van der Waals surface area contributed by atoms with Crippen LogP contribution in [-0.2, 0) is 9.53 Å². The molecule has 0 saturated carbocycles. The maximum atomic E-state index is 10.9. The van der Waals surface area contributed by atoms with Crippen LogP contribution in [0.3, 0.4) is 0 Å². The molecule has 1 aromatic heterocycles. The minimum Gasteiger partial charge on any atom is -0.469 e. The molecular weight excluding hydrogens is 238 g/mol. The molecule has 0 saturated heterocycles. The van der Waals surface area contributed by atoms with Crippen LogP contribution in [0.2, 0.25) is 0 Å². The van der Waals surface area contributed by atoms with Crippen molar-refractivity contribution in [1.29, 1.82) is 0 Å². The summed E-state index contributed by atoms with van der Waals surface area (Å²) in [5.74, 6) is 0.466. The Morgan fingerprint density at radius 2 is 2.35 bits per heavy atom. The highest BCUT2D eigenvalue weighted by molar-refractivity contribution is 7.99. The number of ether oxygens (including phenoxy) is 1. The first-order valence-electron chi connectivity index (χ1n) is 5.51. The van der Waals surface area contributed by atoms with Gasteiger partial charge in [0.15, 0.2) is 0 Å². The van der Waals surface area contributed by atoms with E-state index in [0.717, 1.165) is 4.90 Å². The van der Waals surface area contributed by atoms with Crippen LogP contribution in [0.25, 0.3) is 0 Å². The van der Waals surface area contributed by atoms with Crippen LogP contribution >= 0.6 is 11.8 Å². The van der Waals surface area contributed by atoms with Crippen molar-refractivity contribution < 1.29 is 14.6 Å². The topological polar surface area (TPSA) is 59.4 Å². The lowest BCUT2D eigenvalue weighted by Gasteiger charge is -2.07. The van der Waals surface area contributed by atoms with E-state index in [-0.39, 0.29) is 5.97 Å². The summed E-state index contributed by atoms with van der Waals surface area (Å²) in [4.78, 5) is 16.1. The van der Waals surface area contributed by atoms with Crippen molar-refractivity contribution in [1.82, 2.24) is 4.98 Å². The van der Waals surface area contributed by atoms with E-state index in [1.807, 2.05) is 19.1 Å². The van der Waals surface area contributed by atoms with Crippen LogP contribution in [-0.4, -0.2) is 28.9 Å². The van der Waals surface area contributed by atoms with E-state index in [1.165, 1.54) is 7.11 Å². The predicted octanol–water partition coefficient (Wildman–Crippen LogP) is 2.18. The summed E-state index contributed by atoms with van der Waals surface area (Å²) in [6.45, 7) is 1.91. The summed E-state index contributed by atoms with van der Waals surface area (Å²) >= 11 is 1.55.